The number of aryl methyl sites for hydroxylation is 3. The lowest BCUT2D eigenvalue weighted by Gasteiger charge is -2.03. The molecule has 0 bridgehead atoms. The summed E-state index contributed by atoms with van der Waals surface area (Å²) in [6.07, 6.45) is 2.03. The fraction of sp³-hybridized carbons (Fsp3) is 0.231. The SMILES string of the molecule is Cc1cc2c(s1)CCc1ccccc1S2=O. The summed E-state index contributed by atoms with van der Waals surface area (Å²) in [6, 6.07) is 10.2. The highest BCUT2D eigenvalue weighted by Crippen LogP contribution is 2.33. The standard InChI is InChI=1S/C13H12OS2/c1-9-8-13-11(15-9)7-6-10-4-2-3-5-12(10)16(13)14/h2-5,8H,6-7H2,1H3. The average Bonchev–Trinajstić information content (AvgIpc) is 2.62. The van der Waals surface area contributed by atoms with Crippen LogP contribution in [0.25, 0.3) is 0 Å². The van der Waals surface area contributed by atoms with Gasteiger partial charge in [-0.05, 0) is 37.5 Å². The molecule has 1 aromatic carbocycles. The highest BCUT2D eigenvalue weighted by atomic mass is 32.2. The summed E-state index contributed by atoms with van der Waals surface area (Å²) in [5.74, 6) is 0. The summed E-state index contributed by atoms with van der Waals surface area (Å²) >= 11 is 1.78. The highest BCUT2D eigenvalue weighted by molar-refractivity contribution is 7.85. The van der Waals surface area contributed by atoms with Crippen molar-refractivity contribution in [2.75, 3.05) is 0 Å². The minimum atomic E-state index is -0.976. The van der Waals surface area contributed by atoms with Gasteiger partial charge in [0.05, 0.1) is 15.7 Å². The lowest BCUT2D eigenvalue weighted by molar-refractivity contribution is 0.683. The molecule has 0 spiro atoms. The van der Waals surface area contributed by atoms with Crippen molar-refractivity contribution in [2.24, 2.45) is 0 Å². The molecule has 1 atom stereocenters. The topological polar surface area (TPSA) is 17.1 Å². The summed E-state index contributed by atoms with van der Waals surface area (Å²) in [6.45, 7) is 2.09. The number of hydrogen-bond donors (Lipinski definition) is 0. The molecule has 0 fully saturated rings. The van der Waals surface area contributed by atoms with Crippen LogP contribution in [0.4, 0.5) is 0 Å². The second-order valence-electron chi connectivity index (χ2n) is 4.02. The monoisotopic (exact) mass is 248 g/mol. The van der Waals surface area contributed by atoms with Gasteiger partial charge < -0.3 is 0 Å². The molecule has 1 aliphatic heterocycles. The number of hydrogen-bond acceptors (Lipinski definition) is 2. The molecule has 0 radical (unpaired) electrons. The lowest BCUT2D eigenvalue weighted by atomic mass is 10.1. The normalized spacial score (nSPS) is 18.7. The summed E-state index contributed by atoms with van der Waals surface area (Å²) in [7, 11) is -0.976. The van der Waals surface area contributed by atoms with Crippen molar-refractivity contribution in [1.82, 2.24) is 0 Å². The number of rotatable bonds is 0. The minimum Gasteiger partial charge on any atom is -0.249 e. The zero-order valence-electron chi connectivity index (χ0n) is 9.03. The van der Waals surface area contributed by atoms with Gasteiger partial charge >= 0.3 is 0 Å². The van der Waals surface area contributed by atoms with Crippen LogP contribution in [0, 0.1) is 6.92 Å². The first kappa shape index (κ1) is 10.2. The van der Waals surface area contributed by atoms with Gasteiger partial charge in [-0.15, -0.1) is 11.3 Å². The maximum Gasteiger partial charge on any atom is 0.0863 e. The van der Waals surface area contributed by atoms with Gasteiger partial charge in [-0.25, -0.2) is 4.21 Å². The van der Waals surface area contributed by atoms with E-state index in [-0.39, 0.29) is 0 Å². The van der Waals surface area contributed by atoms with Crippen LogP contribution in [0.15, 0.2) is 40.1 Å². The number of fused-ring (bicyclic) bond motifs is 2. The van der Waals surface area contributed by atoms with Crippen LogP contribution in [-0.2, 0) is 23.6 Å². The Hall–Kier alpha value is -0.930. The van der Waals surface area contributed by atoms with Crippen LogP contribution in [0.5, 0.6) is 0 Å². The van der Waals surface area contributed by atoms with Crippen molar-refractivity contribution < 1.29 is 4.21 Å². The zero-order chi connectivity index (χ0) is 11.1. The van der Waals surface area contributed by atoms with Crippen LogP contribution in [-0.4, -0.2) is 4.21 Å². The lowest BCUT2D eigenvalue weighted by Crippen LogP contribution is -1.94. The third kappa shape index (κ3) is 1.55. The fourth-order valence-electron chi connectivity index (χ4n) is 2.13. The second-order valence-corrected chi connectivity index (χ2v) is 6.78. The van der Waals surface area contributed by atoms with Gasteiger partial charge in [-0.1, -0.05) is 18.2 Å². The van der Waals surface area contributed by atoms with Crippen LogP contribution in [0.2, 0.25) is 0 Å². The Balaban J connectivity index is 2.21. The predicted molar refractivity (Wildman–Crippen MR) is 67.6 cm³/mol. The van der Waals surface area contributed by atoms with Crippen molar-refractivity contribution in [3.05, 3.63) is 45.6 Å². The molecule has 0 N–H and O–H groups in total. The third-order valence-electron chi connectivity index (χ3n) is 2.89. The van der Waals surface area contributed by atoms with Crippen LogP contribution in [0.1, 0.15) is 15.3 Å². The summed E-state index contributed by atoms with van der Waals surface area (Å²) in [5.41, 5.74) is 1.24. The first-order valence-electron chi connectivity index (χ1n) is 5.34. The van der Waals surface area contributed by atoms with E-state index in [4.69, 9.17) is 0 Å². The first-order chi connectivity index (χ1) is 7.75. The molecule has 0 saturated heterocycles. The van der Waals surface area contributed by atoms with Gasteiger partial charge in [0.1, 0.15) is 0 Å². The summed E-state index contributed by atoms with van der Waals surface area (Å²) in [5, 5.41) is 0. The second kappa shape index (κ2) is 3.82. The predicted octanol–water partition coefficient (Wildman–Crippen LogP) is 3.32. The molecule has 3 rings (SSSR count). The van der Waals surface area contributed by atoms with E-state index in [0.717, 1.165) is 22.6 Å². The molecule has 0 aliphatic carbocycles. The van der Waals surface area contributed by atoms with E-state index < -0.39 is 10.8 Å². The van der Waals surface area contributed by atoms with Crippen LogP contribution < -0.4 is 0 Å². The number of thiophene rings is 1. The van der Waals surface area contributed by atoms with Gasteiger partial charge in [0.15, 0.2) is 0 Å². The Labute approximate surface area is 102 Å². The van der Waals surface area contributed by atoms with Crippen molar-refractivity contribution in [3.8, 4) is 0 Å². The Morgan fingerprint density at radius 2 is 2.00 bits per heavy atom. The van der Waals surface area contributed by atoms with E-state index in [2.05, 4.69) is 19.1 Å². The van der Waals surface area contributed by atoms with E-state index >= 15 is 0 Å². The molecule has 16 heavy (non-hydrogen) atoms. The van der Waals surface area contributed by atoms with E-state index in [0.29, 0.717) is 0 Å². The maximum absolute atomic E-state index is 12.5. The molecule has 3 heteroatoms. The van der Waals surface area contributed by atoms with Crippen molar-refractivity contribution in [1.29, 1.82) is 0 Å². The molecule has 2 aromatic rings. The van der Waals surface area contributed by atoms with Gasteiger partial charge in [0.25, 0.3) is 0 Å². The first-order valence-corrected chi connectivity index (χ1v) is 7.31. The largest absolute Gasteiger partial charge is 0.249 e. The van der Waals surface area contributed by atoms with Crippen LogP contribution >= 0.6 is 11.3 Å². The molecular weight excluding hydrogens is 236 g/mol. The summed E-state index contributed by atoms with van der Waals surface area (Å²) < 4.78 is 12.5. The minimum absolute atomic E-state index is 0.976. The van der Waals surface area contributed by atoms with E-state index in [1.165, 1.54) is 15.3 Å². The van der Waals surface area contributed by atoms with Crippen molar-refractivity contribution in [3.63, 3.8) is 0 Å². The Bertz CT molecular complexity index is 569. The Morgan fingerprint density at radius 1 is 1.19 bits per heavy atom. The van der Waals surface area contributed by atoms with Gasteiger partial charge in [0, 0.05) is 14.6 Å². The fourth-order valence-corrected chi connectivity index (χ4v) is 4.92. The third-order valence-corrected chi connectivity index (χ3v) is 5.69. The molecule has 1 aliphatic rings. The van der Waals surface area contributed by atoms with E-state index in [9.17, 15) is 4.21 Å². The highest BCUT2D eigenvalue weighted by Gasteiger charge is 2.21. The smallest absolute Gasteiger partial charge is 0.0863 e. The average molecular weight is 248 g/mol. The van der Waals surface area contributed by atoms with Gasteiger partial charge in [0.2, 0.25) is 0 Å². The molecule has 1 aromatic heterocycles. The van der Waals surface area contributed by atoms with Crippen molar-refractivity contribution in [2.45, 2.75) is 29.6 Å². The maximum atomic E-state index is 12.5. The quantitative estimate of drug-likeness (QED) is 0.699. The summed E-state index contributed by atoms with van der Waals surface area (Å²) in [4.78, 5) is 4.59. The number of benzene rings is 1. The van der Waals surface area contributed by atoms with E-state index in [1.54, 1.807) is 11.3 Å². The molecule has 1 nitrogen and oxygen atoms in total. The van der Waals surface area contributed by atoms with Crippen LogP contribution in [0.3, 0.4) is 0 Å². The molecule has 2 heterocycles. The van der Waals surface area contributed by atoms with Gasteiger partial charge in [-0.3, -0.25) is 0 Å². The Morgan fingerprint density at radius 3 is 2.88 bits per heavy atom. The molecule has 0 amide bonds. The Kier molecular flexibility index (Phi) is 2.45. The van der Waals surface area contributed by atoms with Gasteiger partial charge in [-0.2, -0.15) is 0 Å². The van der Waals surface area contributed by atoms with Crippen molar-refractivity contribution >= 4 is 22.1 Å². The molecular formula is C13H12OS2. The zero-order valence-corrected chi connectivity index (χ0v) is 10.7. The molecule has 82 valence electrons. The molecule has 0 saturated carbocycles. The van der Waals surface area contributed by atoms with E-state index in [1.807, 2.05) is 18.2 Å². The molecule has 1 unspecified atom stereocenters.